The number of rotatable bonds is 5. The van der Waals surface area contributed by atoms with Crippen LogP contribution in [0.2, 0.25) is 0 Å². The van der Waals surface area contributed by atoms with Crippen LogP contribution in [0, 0.1) is 0 Å². The van der Waals surface area contributed by atoms with Gasteiger partial charge in [-0.2, -0.15) is 5.10 Å². The van der Waals surface area contributed by atoms with Crippen molar-refractivity contribution in [3.8, 4) is 0 Å². The van der Waals surface area contributed by atoms with Gasteiger partial charge in [-0.3, -0.25) is 14.4 Å². The lowest BCUT2D eigenvalue weighted by atomic mass is 9.96. The van der Waals surface area contributed by atoms with Gasteiger partial charge in [0.25, 0.3) is 0 Å². The molecular formula is C12H19BrN4O2. The summed E-state index contributed by atoms with van der Waals surface area (Å²) in [5.41, 5.74) is 5.81. The summed E-state index contributed by atoms with van der Waals surface area (Å²) in [6.45, 7) is 1.75. The summed E-state index contributed by atoms with van der Waals surface area (Å²) in [5.74, 6) is -0.320. The maximum atomic E-state index is 11.9. The van der Waals surface area contributed by atoms with Crippen molar-refractivity contribution in [1.82, 2.24) is 14.7 Å². The number of nitrogens with two attached hydrogens (primary N) is 1. The van der Waals surface area contributed by atoms with Crippen molar-refractivity contribution >= 4 is 21.8 Å². The molecule has 0 radical (unpaired) electrons. The minimum Gasteiger partial charge on any atom is -0.382 e. The largest absolute Gasteiger partial charge is 0.382 e. The molecule has 6 nitrogen and oxygen atoms in total. The fraction of sp³-hybridized carbons (Fsp3) is 0.667. The van der Waals surface area contributed by atoms with Gasteiger partial charge in [0.1, 0.15) is 5.54 Å². The van der Waals surface area contributed by atoms with E-state index in [2.05, 4.69) is 25.9 Å². The summed E-state index contributed by atoms with van der Waals surface area (Å²) >= 11 is 3.48. The van der Waals surface area contributed by atoms with E-state index >= 15 is 0 Å². The Labute approximate surface area is 121 Å². The molecule has 1 aromatic rings. The zero-order valence-corrected chi connectivity index (χ0v) is 12.8. The lowest BCUT2D eigenvalue weighted by Gasteiger charge is -2.34. The van der Waals surface area contributed by atoms with Crippen molar-refractivity contribution in [2.45, 2.75) is 24.9 Å². The Bertz CT molecular complexity index is 476. The van der Waals surface area contributed by atoms with Crippen LogP contribution >= 0.6 is 15.9 Å². The number of likely N-dealkylation sites (tertiary alicyclic amines) is 1. The number of amides is 1. The van der Waals surface area contributed by atoms with Crippen LogP contribution < -0.4 is 5.73 Å². The van der Waals surface area contributed by atoms with Gasteiger partial charge in [0, 0.05) is 26.9 Å². The van der Waals surface area contributed by atoms with E-state index in [1.807, 2.05) is 13.2 Å². The minimum absolute atomic E-state index is 0.320. The molecule has 0 aliphatic carbocycles. The number of methoxy groups -OCH3 is 1. The summed E-state index contributed by atoms with van der Waals surface area (Å²) in [4.78, 5) is 13.9. The van der Waals surface area contributed by atoms with Crippen LogP contribution in [0.1, 0.15) is 18.5 Å². The van der Waals surface area contributed by atoms with Crippen LogP contribution in [0.15, 0.2) is 10.7 Å². The minimum atomic E-state index is -0.703. The number of aromatic nitrogens is 2. The van der Waals surface area contributed by atoms with Crippen LogP contribution in [0.3, 0.4) is 0 Å². The molecule has 0 saturated carbocycles. The van der Waals surface area contributed by atoms with Gasteiger partial charge in [0.15, 0.2) is 0 Å². The van der Waals surface area contributed by atoms with Gasteiger partial charge in [-0.25, -0.2) is 0 Å². The van der Waals surface area contributed by atoms with Crippen LogP contribution in [0.5, 0.6) is 0 Å². The number of hydrogen-bond acceptors (Lipinski definition) is 4. The first kappa shape index (κ1) is 14.5. The first-order chi connectivity index (χ1) is 8.99. The smallest absolute Gasteiger partial charge is 0.240 e. The predicted octanol–water partition coefficient (Wildman–Crippen LogP) is 0.649. The Morgan fingerprint density at radius 1 is 1.68 bits per heavy atom. The average molecular weight is 331 g/mol. The monoisotopic (exact) mass is 330 g/mol. The summed E-state index contributed by atoms with van der Waals surface area (Å²) < 4.78 is 7.90. The van der Waals surface area contributed by atoms with Gasteiger partial charge in [0.05, 0.1) is 16.8 Å². The van der Waals surface area contributed by atoms with Gasteiger partial charge < -0.3 is 10.5 Å². The zero-order chi connectivity index (χ0) is 14.0. The molecule has 1 atom stereocenters. The molecule has 2 rings (SSSR count). The van der Waals surface area contributed by atoms with Crippen molar-refractivity contribution in [2.75, 3.05) is 20.3 Å². The van der Waals surface area contributed by atoms with E-state index < -0.39 is 5.54 Å². The Morgan fingerprint density at radius 2 is 2.42 bits per heavy atom. The summed E-state index contributed by atoms with van der Waals surface area (Å²) in [7, 11) is 3.46. The van der Waals surface area contributed by atoms with Gasteiger partial charge in [-0.15, -0.1) is 0 Å². The molecule has 19 heavy (non-hydrogen) atoms. The van der Waals surface area contributed by atoms with Gasteiger partial charge >= 0.3 is 0 Å². The molecule has 2 heterocycles. The number of primary amides is 1. The highest BCUT2D eigenvalue weighted by Gasteiger charge is 2.46. The summed E-state index contributed by atoms with van der Waals surface area (Å²) in [6, 6.07) is 0. The predicted molar refractivity (Wildman–Crippen MR) is 74.4 cm³/mol. The lowest BCUT2D eigenvalue weighted by Crippen LogP contribution is -2.56. The molecule has 0 bridgehead atoms. The Morgan fingerprint density at radius 3 is 2.95 bits per heavy atom. The third kappa shape index (κ3) is 2.68. The summed E-state index contributed by atoms with van der Waals surface area (Å²) in [6.07, 6.45) is 3.57. The molecule has 1 aliphatic heterocycles. The first-order valence-electron chi connectivity index (χ1n) is 6.21. The molecule has 1 amide bonds. The second kappa shape index (κ2) is 5.60. The normalized spacial score (nSPS) is 23.9. The fourth-order valence-corrected chi connectivity index (χ4v) is 3.21. The highest BCUT2D eigenvalue weighted by molar-refractivity contribution is 9.10. The fourth-order valence-electron chi connectivity index (χ4n) is 2.71. The molecular weight excluding hydrogens is 312 g/mol. The molecule has 1 aromatic heterocycles. The van der Waals surface area contributed by atoms with E-state index in [9.17, 15) is 4.79 Å². The lowest BCUT2D eigenvalue weighted by molar-refractivity contribution is -0.132. The topological polar surface area (TPSA) is 73.4 Å². The Hall–Kier alpha value is -0.920. The van der Waals surface area contributed by atoms with Crippen molar-refractivity contribution in [2.24, 2.45) is 12.8 Å². The number of halogens is 1. The molecule has 0 spiro atoms. The van der Waals surface area contributed by atoms with Gasteiger partial charge in [0.2, 0.25) is 5.91 Å². The number of ether oxygens (including phenoxy) is 1. The van der Waals surface area contributed by atoms with Crippen molar-refractivity contribution in [3.05, 3.63) is 16.4 Å². The maximum Gasteiger partial charge on any atom is 0.240 e. The molecule has 1 unspecified atom stereocenters. The van der Waals surface area contributed by atoms with E-state index in [4.69, 9.17) is 10.5 Å². The molecule has 7 heteroatoms. The second-order valence-corrected chi connectivity index (χ2v) is 5.81. The molecule has 1 saturated heterocycles. The molecule has 1 aliphatic rings. The number of nitrogens with zero attached hydrogens (tertiary/aromatic N) is 3. The van der Waals surface area contributed by atoms with Crippen LogP contribution in [0.4, 0.5) is 0 Å². The quantitative estimate of drug-likeness (QED) is 0.860. The van der Waals surface area contributed by atoms with Crippen molar-refractivity contribution < 1.29 is 9.53 Å². The third-order valence-corrected chi connectivity index (χ3v) is 4.32. The number of carbonyl (C=O) groups is 1. The van der Waals surface area contributed by atoms with E-state index in [1.54, 1.807) is 11.8 Å². The van der Waals surface area contributed by atoms with E-state index in [1.165, 1.54) is 0 Å². The maximum absolute atomic E-state index is 11.9. The first-order valence-corrected chi connectivity index (χ1v) is 7.01. The number of hydrogen-bond donors (Lipinski definition) is 1. The second-order valence-electron chi connectivity index (χ2n) is 4.95. The highest BCUT2D eigenvalue weighted by atomic mass is 79.9. The number of aryl methyl sites for hydroxylation is 1. The number of carbonyl (C=O) groups excluding carboxylic acids is 1. The Balaban J connectivity index is 2.22. The average Bonchev–Trinajstić information content (AvgIpc) is 2.86. The Kier molecular flexibility index (Phi) is 4.27. The van der Waals surface area contributed by atoms with Crippen LogP contribution in [-0.4, -0.2) is 46.4 Å². The third-order valence-electron chi connectivity index (χ3n) is 3.66. The van der Waals surface area contributed by atoms with E-state index in [-0.39, 0.29) is 5.91 Å². The van der Waals surface area contributed by atoms with E-state index in [0.717, 1.165) is 29.6 Å². The zero-order valence-electron chi connectivity index (χ0n) is 11.2. The molecule has 106 valence electrons. The summed E-state index contributed by atoms with van der Waals surface area (Å²) in [5, 5.41) is 4.39. The van der Waals surface area contributed by atoms with E-state index in [0.29, 0.717) is 13.2 Å². The highest BCUT2D eigenvalue weighted by Crippen LogP contribution is 2.32. The van der Waals surface area contributed by atoms with Crippen LogP contribution in [0.25, 0.3) is 0 Å². The molecule has 1 fully saturated rings. The standard InChI is InChI=1S/C12H19BrN4O2/c1-16-6-9(13)10(15-16)7-17-5-3-4-12(17,8-19-2)11(14)18/h6H,3-5,7-8H2,1-2H3,(H2,14,18). The van der Waals surface area contributed by atoms with Crippen LogP contribution in [-0.2, 0) is 23.1 Å². The van der Waals surface area contributed by atoms with Crippen molar-refractivity contribution in [1.29, 1.82) is 0 Å². The molecule has 0 aromatic carbocycles. The van der Waals surface area contributed by atoms with Crippen molar-refractivity contribution in [3.63, 3.8) is 0 Å². The van der Waals surface area contributed by atoms with Gasteiger partial charge in [-0.1, -0.05) is 0 Å². The van der Waals surface area contributed by atoms with Gasteiger partial charge in [-0.05, 0) is 35.3 Å². The molecule has 2 N–H and O–H groups in total. The SMILES string of the molecule is COCC1(C(N)=O)CCCN1Cc1nn(C)cc1Br.